The molecule has 3 aromatic rings. The summed E-state index contributed by atoms with van der Waals surface area (Å²) in [6.45, 7) is 8.12. The minimum Gasteiger partial charge on any atom is -0.386 e. The van der Waals surface area contributed by atoms with Gasteiger partial charge in [-0.1, -0.05) is 18.2 Å². The summed E-state index contributed by atoms with van der Waals surface area (Å²) in [6.07, 6.45) is -2.89. The van der Waals surface area contributed by atoms with Gasteiger partial charge in [-0.3, -0.25) is 0 Å². The van der Waals surface area contributed by atoms with Gasteiger partial charge >= 0.3 is 0 Å². The number of nitrogens with one attached hydrogen (secondary N) is 1. The van der Waals surface area contributed by atoms with E-state index < -0.39 is 29.4 Å². The Hall–Kier alpha value is -2.94. The van der Waals surface area contributed by atoms with Gasteiger partial charge in [0, 0.05) is 24.0 Å². The number of nitrogens with zero attached hydrogens (tertiary/aromatic N) is 4. The number of fused-ring (bicyclic) bond motifs is 1. The van der Waals surface area contributed by atoms with Crippen LogP contribution in [0.2, 0.25) is 0 Å². The number of aromatic nitrogens is 3. The molecule has 0 bridgehead atoms. The first-order valence-electron chi connectivity index (χ1n) is 10.0. The van der Waals surface area contributed by atoms with Gasteiger partial charge in [-0.15, -0.1) is 5.10 Å². The Labute approximate surface area is 178 Å². The van der Waals surface area contributed by atoms with Crippen molar-refractivity contribution < 1.29 is 18.3 Å². The molecule has 1 aliphatic rings. The lowest BCUT2D eigenvalue weighted by Crippen LogP contribution is -2.60. The standard InChI is InChI=1S/C22H24F3N5O/c1-11(14-6-5-7-15(18(14)23)20(24)25)27-21-16-8-17(30-9-22(4,31)10-30)12(2)26-19(16)13(3)28-29-21/h5-8,11,20,31H,9-10H2,1-4H3,(H,27,29)/t11-/m1/s1. The van der Waals surface area contributed by atoms with Crippen molar-refractivity contribution in [2.24, 2.45) is 0 Å². The molecule has 0 saturated carbocycles. The molecule has 9 heteroatoms. The lowest BCUT2D eigenvalue weighted by atomic mass is 9.95. The summed E-state index contributed by atoms with van der Waals surface area (Å²) in [4.78, 5) is 6.71. The largest absolute Gasteiger partial charge is 0.386 e. The summed E-state index contributed by atoms with van der Waals surface area (Å²) in [6, 6.07) is 5.26. The molecule has 3 heterocycles. The van der Waals surface area contributed by atoms with Crippen molar-refractivity contribution in [2.75, 3.05) is 23.3 Å². The molecule has 4 rings (SSSR count). The molecule has 0 aliphatic carbocycles. The Balaban J connectivity index is 1.73. The molecule has 2 N–H and O–H groups in total. The van der Waals surface area contributed by atoms with Crippen LogP contribution >= 0.6 is 0 Å². The van der Waals surface area contributed by atoms with Crippen LogP contribution in [-0.4, -0.2) is 39.0 Å². The number of alkyl halides is 2. The average molecular weight is 431 g/mol. The first kappa shape index (κ1) is 21.3. The summed E-state index contributed by atoms with van der Waals surface area (Å²) in [5, 5.41) is 22.3. The van der Waals surface area contributed by atoms with Crippen LogP contribution in [0.15, 0.2) is 24.3 Å². The molecule has 0 radical (unpaired) electrons. The van der Waals surface area contributed by atoms with E-state index in [-0.39, 0.29) is 5.56 Å². The van der Waals surface area contributed by atoms with Crippen molar-refractivity contribution in [1.29, 1.82) is 0 Å². The molecule has 0 amide bonds. The zero-order valence-electron chi connectivity index (χ0n) is 17.7. The van der Waals surface area contributed by atoms with Crippen LogP contribution in [0.1, 0.15) is 48.8 Å². The van der Waals surface area contributed by atoms with E-state index in [9.17, 15) is 18.3 Å². The second-order valence-corrected chi connectivity index (χ2v) is 8.39. The molecule has 1 saturated heterocycles. The van der Waals surface area contributed by atoms with Crippen LogP contribution in [-0.2, 0) is 0 Å². The summed E-state index contributed by atoms with van der Waals surface area (Å²) < 4.78 is 40.8. The minimum absolute atomic E-state index is 0.118. The predicted molar refractivity (Wildman–Crippen MR) is 113 cm³/mol. The van der Waals surface area contributed by atoms with Gasteiger partial charge in [0.05, 0.1) is 39.8 Å². The lowest BCUT2D eigenvalue weighted by Gasteiger charge is -2.46. The van der Waals surface area contributed by atoms with Crippen molar-refractivity contribution >= 4 is 22.4 Å². The third kappa shape index (κ3) is 3.89. The molecule has 1 aliphatic heterocycles. The molecule has 6 nitrogen and oxygen atoms in total. The normalized spacial score (nSPS) is 16.5. The quantitative estimate of drug-likeness (QED) is 0.621. The van der Waals surface area contributed by atoms with Crippen molar-refractivity contribution in [2.45, 2.75) is 45.8 Å². The highest BCUT2D eigenvalue weighted by Crippen LogP contribution is 2.35. The molecule has 164 valence electrons. The number of aliphatic hydroxyl groups is 1. The van der Waals surface area contributed by atoms with E-state index in [1.807, 2.05) is 17.9 Å². The molecule has 1 fully saturated rings. The maximum Gasteiger partial charge on any atom is 0.266 e. The van der Waals surface area contributed by atoms with Gasteiger partial charge in [0.2, 0.25) is 0 Å². The van der Waals surface area contributed by atoms with Crippen LogP contribution in [0.25, 0.3) is 10.9 Å². The van der Waals surface area contributed by atoms with Crippen LogP contribution in [0.5, 0.6) is 0 Å². The van der Waals surface area contributed by atoms with E-state index in [0.717, 1.165) is 17.4 Å². The van der Waals surface area contributed by atoms with Crippen LogP contribution in [0, 0.1) is 19.7 Å². The number of hydrogen-bond acceptors (Lipinski definition) is 6. The molecule has 1 aromatic carbocycles. The van der Waals surface area contributed by atoms with E-state index in [2.05, 4.69) is 20.5 Å². The highest BCUT2D eigenvalue weighted by molar-refractivity contribution is 5.93. The summed E-state index contributed by atoms with van der Waals surface area (Å²) >= 11 is 0. The molecule has 31 heavy (non-hydrogen) atoms. The maximum absolute atomic E-state index is 14.6. The van der Waals surface area contributed by atoms with Gasteiger partial charge in [-0.25, -0.2) is 18.2 Å². The highest BCUT2D eigenvalue weighted by Gasteiger charge is 2.37. The topological polar surface area (TPSA) is 74.2 Å². The van der Waals surface area contributed by atoms with Gasteiger partial charge in [0.1, 0.15) is 5.82 Å². The lowest BCUT2D eigenvalue weighted by molar-refractivity contribution is 0.0309. The fourth-order valence-electron chi connectivity index (χ4n) is 4.00. The number of hydrogen-bond donors (Lipinski definition) is 2. The molecule has 0 spiro atoms. The average Bonchev–Trinajstić information content (AvgIpc) is 2.68. The number of rotatable bonds is 5. The predicted octanol–water partition coefficient (Wildman–Crippen LogP) is 4.46. The molecule has 2 aromatic heterocycles. The van der Waals surface area contributed by atoms with Crippen LogP contribution in [0.4, 0.5) is 24.7 Å². The summed E-state index contributed by atoms with van der Waals surface area (Å²) in [5.41, 5.74) is 1.71. The first-order valence-corrected chi connectivity index (χ1v) is 10.0. The van der Waals surface area contributed by atoms with E-state index in [1.54, 1.807) is 20.8 Å². The van der Waals surface area contributed by atoms with E-state index in [4.69, 9.17) is 0 Å². The first-order chi connectivity index (χ1) is 14.6. The van der Waals surface area contributed by atoms with E-state index in [1.165, 1.54) is 12.1 Å². The monoisotopic (exact) mass is 431 g/mol. The van der Waals surface area contributed by atoms with Gasteiger partial charge in [-0.05, 0) is 33.8 Å². The molecule has 0 unspecified atom stereocenters. The van der Waals surface area contributed by atoms with Crippen LogP contribution < -0.4 is 10.2 Å². The third-order valence-electron chi connectivity index (χ3n) is 5.60. The van der Waals surface area contributed by atoms with Crippen molar-refractivity contribution in [3.05, 3.63) is 52.6 Å². The molecule has 1 atom stereocenters. The van der Waals surface area contributed by atoms with Crippen LogP contribution in [0.3, 0.4) is 0 Å². The number of aryl methyl sites for hydroxylation is 2. The fourth-order valence-corrected chi connectivity index (χ4v) is 4.00. The minimum atomic E-state index is -2.89. The number of pyridine rings is 1. The van der Waals surface area contributed by atoms with Gasteiger partial charge in [0.15, 0.2) is 5.82 Å². The number of β-amino-alcohol motifs (C(OH)–C–C–N with tert-alkyl or cyclic N) is 1. The van der Waals surface area contributed by atoms with Crippen molar-refractivity contribution in [3.63, 3.8) is 0 Å². The summed E-state index contributed by atoms with van der Waals surface area (Å²) in [7, 11) is 0. The zero-order valence-corrected chi connectivity index (χ0v) is 17.7. The Morgan fingerprint density at radius 3 is 2.45 bits per heavy atom. The Morgan fingerprint density at radius 2 is 1.81 bits per heavy atom. The van der Waals surface area contributed by atoms with Gasteiger partial charge in [0.25, 0.3) is 6.43 Å². The van der Waals surface area contributed by atoms with Gasteiger partial charge in [-0.2, -0.15) is 5.10 Å². The smallest absolute Gasteiger partial charge is 0.266 e. The second-order valence-electron chi connectivity index (χ2n) is 8.39. The Bertz CT molecular complexity index is 1140. The third-order valence-corrected chi connectivity index (χ3v) is 5.60. The van der Waals surface area contributed by atoms with E-state index in [0.29, 0.717) is 35.5 Å². The van der Waals surface area contributed by atoms with Crippen molar-refractivity contribution in [3.8, 4) is 0 Å². The molecular formula is C22H24F3N5O. The fraction of sp³-hybridized carbons (Fsp3) is 0.409. The molecular weight excluding hydrogens is 407 g/mol. The number of halogens is 3. The zero-order chi connectivity index (χ0) is 22.5. The summed E-state index contributed by atoms with van der Waals surface area (Å²) in [5.74, 6) is -0.546. The maximum atomic E-state index is 14.6. The van der Waals surface area contributed by atoms with E-state index >= 15 is 0 Å². The highest BCUT2D eigenvalue weighted by atomic mass is 19.3. The second kappa shape index (κ2) is 7.64. The Kier molecular flexibility index (Phi) is 5.25. The number of benzene rings is 1. The SMILES string of the molecule is Cc1nc2c(C)nnc(N[C@H](C)c3cccc(C(F)F)c3F)c2cc1N1CC(C)(O)C1. The van der Waals surface area contributed by atoms with Crippen molar-refractivity contribution in [1.82, 2.24) is 15.2 Å². The Morgan fingerprint density at radius 1 is 1.13 bits per heavy atom. The number of anilines is 2. The van der Waals surface area contributed by atoms with Gasteiger partial charge < -0.3 is 15.3 Å².